The van der Waals surface area contributed by atoms with Crippen molar-refractivity contribution in [2.75, 3.05) is 0 Å². The maximum atomic E-state index is 13.1. The molecular weight excluding hydrogens is 281 g/mol. The van der Waals surface area contributed by atoms with Crippen LogP contribution in [0.4, 0.5) is 4.39 Å². The molecular formula is C14H20FNO3S. The zero-order chi connectivity index (χ0) is 15.6. The van der Waals surface area contributed by atoms with Crippen LogP contribution in [0.3, 0.4) is 0 Å². The summed E-state index contributed by atoms with van der Waals surface area (Å²) in [6.45, 7) is 6.83. The first-order valence-corrected chi connectivity index (χ1v) is 7.96. The molecule has 1 N–H and O–H groups in total. The summed E-state index contributed by atoms with van der Waals surface area (Å²) >= 11 is 0. The van der Waals surface area contributed by atoms with Crippen molar-refractivity contribution in [3.63, 3.8) is 0 Å². The van der Waals surface area contributed by atoms with Gasteiger partial charge in [-0.3, -0.25) is 4.79 Å². The Balaban J connectivity index is 3.01. The summed E-state index contributed by atoms with van der Waals surface area (Å²) < 4.78 is 37.7. The van der Waals surface area contributed by atoms with E-state index in [2.05, 4.69) is 5.32 Å². The van der Waals surface area contributed by atoms with Gasteiger partial charge in [0, 0.05) is 5.54 Å². The van der Waals surface area contributed by atoms with E-state index in [0.29, 0.717) is 6.42 Å². The van der Waals surface area contributed by atoms with Crippen molar-refractivity contribution in [1.29, 1.82) is 0 Å². The van der Waals surface area contributed by atoms with E-state index in [0.717, 1.165) is 12.1 Å². The molecule has 0 fully saturated rings. The van der Waals surface area contributed by atoms with Gasteiger partial charge in [0.25, 0.3) is 0 Å². The smallest absolute Gasteiger partial charge is 0.238 e. The maximum Gasteiger partial charge on any atom is 0.238 e. The Kier molecular flexibility index (Phi) is 4.91. The molecule has 0 saturated carbocycles. The minimum Gasteiger partial charge on any atom is -0.350 e. The molecule has 20 heavy (non-hydrogen) atoms. The Morgan fingerprint density at radius 1 is 1.40 bits per heavy atom. The summed E-state index contributed by atoms with van der Waals surface area (Å²) in [5.41, 5.74) is -0.483. The Bertz CT molecular complexity index is 596. The van der Waals surface area contributed by atoms with Crippen LogP contribution in [0, 0.1) is 5.82 Å². The van der Waals surface area contributed by atoms with Crippen molar-refractivity contribution in [3.8, 4) is 0 Å². The molecule has 0 saturated heterocycles. The van der Waals surface area contributed by atoms with Crippen LogP contribution in [-0.2, 0) is 14.6 Å². The van der Waals surface area contributed by atoms with Crippen LogP contribution in [-0.4, -0.2) is 25.1 Å². The lowest BCUT2D eigenvalue weighted by atomic mass is 10.0. The van der Waals surface area contributed by atoms with E-state index in [9.17, 15) is 17.6 Å². The van der Waals surface area contributed by atoms with Crippen LogP contribution in [0.1, 0.15) is 34.1 Å². The zero-order valence-corrected chi connectivity index (χ0v) is 12.9. The summed E-state index contributed by atoms with van der Waals surface area (Å²) in [7, 11) is -3.89. The van der Waals surface area contributed by atoms with Crippen molar-refractivity contribution in [1.82, 2.24) is 5.32 Å². The molecule has 112 valence electrons. The first-order valence-electron chi connectivity index (χ1n) is 6.41. The molecule has 0 aliphatic carbocycles. The molecule has 0 aromatic heterocycles. The second kappa shape index (κ2) is 5.91. The fourth-order valence-corrected chi connectivity index (χ4v) is 2.81. The Labute approximate surface area is 119 Å². The summed E-state index contributed by atoms with van der Waals surface area (Å²) in [4.78, 5) is 11.9. The third-order valence-electron chi connectivity index (χ3n) is 3.30. The molecule has 1 aromatic carbocycles. The van der Waals surface area contributed by atoms with Gasteiger partial charge < -0.3 is 5.32 Å². The van der Waals surface area contributed by atoms with Gasteiger partial charge >= 0.3 is 0 Å². The molecule has 1 rings (SSSR count). The highest BCUT2D eigenvalue weighted by molar-refractivity contribution is 7.92. The number of nitrogens with one attached hydrogen (secondary N) is 1. The van der Waals surface area contributed by atoms with Gasteiger partial charge in [-0.05, 0) is 45.4 Å². The number of carbonyl (C=O) groups excluding carboxylic acids is 1. The zero-order valence-electron chi connectivity index (χ0n) is 12.1. The van der Waals surface area contributed by atoms with Gasteiger partial charge in [0.15, 0.2) is 9.84 Å². The van der Waals surface area contributed by atoms with Crippen LogP contribution < -0.4 is 5.32 Å². The van der Waals surface area contributed by atoms with Crippen molar-refractivity contribution < 1.29 is 17.6 Å². The molecule has 4 nitrogen and oxygen atoms in total. The van der Waals surface area contributed by atoms with Crippen LogP contribution >= 0.6 is 0 Å². The number of rotatable bonds is 5. The van der Waals surface area contributed by atoms with Gasteiger partial charge in [-0.1, -0.05) is 13.0 Å². The fourth-order valence-electron chi connectivity index (χ4n) is 1.51. The molecule has 1 aromatic rings. The third kappa shape index (κ3) is 3.79. The van der Waals surface area contributed by atoms with E-state index >= 15 is 0 Å². The van der Waals surface area contributed by atoms with E-state index in [-0.39, 0.29) is 4.90 Å². The molecule has 0 radical (unpaired) electrons. The molecule has 6 heteroatoms. The highest BCUT2D eigenvalue weighted by Gasteiger charge is 2.32. The van der Waals surface area contributed by atoms with E-state index in [1.54, 1.807) is 0 Å². The first-order chi connectivity index (χ1) is 9.10. The highest BCUT2D eigenvalue weighted by Crippen LogP contribution is 2.18. The topological polar surface area (TPSA) is 63.2 Å². The molecule has 1 unspecified atom stereocenters. The van der Waals surface area contributed by atoms with E-state index in [1.807, 2.05) is 20.8 Å². The van der Waals surface area contributed by atoms with Gasteiger partial charge in [-0.25, -0.2) is 12.8 Å². The van der Waals surface area contributed by atoms with Crippen molar-refractivity contribution >= 4 is 15.7 Å². The monoisotopic (exact) mass is 301 g/mol. The Morgan fingerprint density at radius 2 is 2.00 bits per heavy atom. The number of hydrogen-bond donors (Lipinski definition) is 1. The van der Waals surface area contributed by atoms with Crippen LogP contribution in [0.2, 0.25) is 0 Å². The van der Waals surface area contributed by atoms with Crippen LogP contribution in [0.15, 0.2) is 29.2 Å². The van der Waals surface area contributed by atoms with Crippen molar-refractivity contribution in [2.24, 2.45) is 0 Å². The normalized spacial score (nSPS) is 13.8. The summed E-state index contributed by atoms with van der Waals surface area (Å²) in [5.74, 6) is -1.23. The number of benzene rings is 1. The van der Waals surface area contributed by atoms with E-state index in [1.165, 1.54) is 19.1 Å². The molecule has 1 amide bonds. The number of carbonyl (C=O) groups is 1. The average molecular weight is 301 g/mol. The second-order valence-electron chi connectivity index (χ2n) is 5.37. The van der Waals surface area contributed by atoms with Gasteiger partial charge in [0.05, 0.1) is 4.90 Å². The molecule has 1 atom stereocenters. The molecule has 0 bridgehead atoms. The van der Waals surface area contributed by atoms with E-state index < -0.39 is 32.4 Å². The van der Waals surface area contributed by atoms with Gasteiger partial charge in [0.2, 0.25) is 5.91 Å². The van der Waals surface area contributed by atoms with E-state index in [4.69, 9.17) is 0 Å². The highest BCUT2D eigenvalue weighted by atomic mass is 32.2. The number of amides is 1. The standard InChI is InChI=1S/C14H20FNO3S/c1-5-14(3,4)16-13(17)10(2)20(18,19)12-8-6-7-11(15)9-12/h6-10H,5H2,1-4H3,(H,16,17). The van der Waals surface area contributed by atoms with Crippen molar-refractivity contribution in [3.05, 3.63) is 30.1 Å². The van der Waals surface area contributed by atoms with Gasteiger partial charge in [-0.15, -0.1) is 0 Å². The summed E-state index contributed by atoms with van der Waals surface area (Å²) in [6, 6.07) is 4.67. The number of hydrogen-bond acceptors (Lipinski definition) is 3. The largest absolute Gasteiger partial charge is 0.350 e. The Morgan fingerprint density at radius 3 is 2.50 bits per heavy atom. The average Bonchev–Trinajstić information content (AvgIpc) is 2.37. The van der Waals surface area contributed by atoms with Crippen molar-refractivity contribution in [2.45, 2.75) is 49.8 Å². The lowest BCUT2D eigenvalue weighted by molar-refractivity contribution is -0.122. The fraction of sp³-hybridized carbons (Fsp3) is 0.500. The van der Waals surface area contributed by atoms with Crippen LogP contribution in [0.25, 0.3) is 0 Å². The molecule has 0 spiro atoms. The minimum atomic E-state index is -3.89. The minimum absolute atomic E-state index is 0.186. The van der Waals surface area contributed by atoms with Gasteiger partial charge in [0.1, 0.15) is 11.1 Å². The first kappa shape index (κ1) is 16.6. The van der Waals surface area contributed by atoms with Gasteiger partial charge in [-0.2, -0.15) is 0 Å². The Hall–Kier alpha value is -1.43. The molecule has 0 heterocycles. The predicted octanol–water partition coefficient (Wildman–Crippen LogP) is 2.29. The third-order valence-corrected chi connectivity index (χ3v) is 5.36. The second-order valence-corrected chi connectivity index (χ2v) is 7.64. The lowest BCUT2D eigenvalue weighted by Gasteiger charge is -2.26. The lowest BCUT2D eigenvalue weighted by Crippen LogP contribution is -2.48. The predicted molar refractivity (Wildman–Crippen MR) is 75.6 cm³/mol. The quantitative estimate of drug-likeness (QED) is 0.907. The summed E-state index contributed by atoms with van der Waals surface area (Å²) in [6.07, 6.45) is 0.672. The SMILES string of the molecule is CCC(C)(C)NC(=O)C(C)S(=O)(=O)c1cccc(F)c1. The maximum absolute atomic E-state index is 13.1. The van der Waals surface area contributed by atoms with Crippen LogP contribution in [0.5, 0.6) is 0 Å². The summed E-state index contributed by atoms with van der Waals surface area (Å²) in [5, 5.41) is 1.42. The number of sulfone groups is 1. The molecule has 0 aliphatic rings. The molecule has 0 aliphatic heterocycles. The number of halogens is 1.